The molecular formula is C15H15BrN2O. The maximum atomic E-state index is 5.20. The van der Waals surface area contributed by atoms with Crippen molar-refractivity contribution < 1.29 is 4.84 Å². The lowest BCUT2D eigenvalue weighted by Gasteiger charge is -2.06. The van der Waals surface area contributed by atoms with Gasteiger partial charge in [-0.3, -0.25) is 4.98 Å². The molecule has 1 aromatic heterocycles. The molecule has 2 rings (SSSR count). The molecule has 98 valence electrons. The van der Waals surface area contributed by atoms with Gasteiger partial charge in [0, 0.05) is 16.2 Å². The molecule has 0 saturated carbocycles. The van der Waals surface area contributed by atoms with Gasteiger partial charge in [-0.15, -0.1) is 0 Å². The fourth-order valence-electron chi connectivity index (χ4n) is 1.60. The van der Waals surface area contributed by atoms with Crippen molar-refractivity contribution in [3.8, 4) is 0 Å². The topological polar surface area (TPSA) is 34.5 Å². The molecule has 0 bridgehead atoms. The molecule has 2 aromatic rings. The van der Waals surface area contributed by atoms with Gasteiger partial charge in [0.2, 0.25) is 0 Å². The summed E-state index contributed by atoms with van der Waals surface area (Å²) in [6.07, 6.45) is 1.75. The number of halogens is 1. The van der Waals surface area contributed by atoms with Crippen LogP contribution in [0, 0.1) is 6.92 Å². The minimum Gasteiger partial charge on any atom is -0.396 e. The molecule has 0 radical (unpaired) electrons. The Balaban J connectivity index is 2.41. The van der Waals surface area contributed by atoms with Crippen molar-refractivity contribution in [2.45, 2.75) is 13.8 Å². The minimum absolute atomic E-state index is 0.534. The van der Waals surface area contributed by atoms with Crippen molar-refractivity contribution in [2.75, 3.05) is 6.61 Å². The highest BCUT2D eigenvalue weighted by molar-refractivity contribution is 9.10. The summed E-state index contributed by atoms with van der Waals surface area (Å²) in [5, 5.41) is 4.18. The predicted octanol–water partition coefficient (Wildman–Crippen LogP) is 3.94. The number of hydrogen-bond acceptors (Lipinski definition) is 3. The maximum absolute atomic E-state index is 5.20. The number of oxime groups is 1. The molecule has 0 fully saturated rings. The van der Waals surface area contributed by atoms with Crippen LogP contribution >= 0.6 is 15.9 Å². The Morgan fingerprint density at radius 3 is 2.53 bits per heavy atom. The predicted molar refractivity (Wildman–Crippen MR) is 80.4 cm³/mol. The van der Waals surface area contributed by atoms with E-state index in [0.29, 0.717) is 6.61 Å². The number of aryl methyl sites for hydroxylation is 1. The Kier molecular flexibility index (Phi) is 4.68. The average molecular weight is 319 g/mol. The van der Waals surface area contributed by atoms with Crippen LogP contribution in [-0.2, 0) is 4.84 Å². The van der Waals surface area contributed by atoms with Crippen molar-refractivity contribution in [3.63, 3.8) is 0 Å². The summed E-state index contributed by atoms with van der Waals surface area (Å²) in [5.41, 5.74) is 3.74. The van der Waals surface area contributed by atoms with Gasteiger partial charge < -0.3 is 4.84 Å². The summed E-state index contributed by atoms with van der Waals surface area (Å²) in [5.74, 6) is 0. The van der Waals surface area contributed by atoms with Crippen LogP contribution in [0.4, 0.5) is 0 Å². The molecule has 3 nitrogen and oxygen atoms in total. The molecule has 0 aliphatic heterocycles. The van der Waals surface area contributed by atoms with Crippen LogP contribution in [0.25, 0.3) is 0 Å². The third kappa shape index (κ3) is 3.64. The van der Waals surface area contributed by atoms with E-state index in [9.17, 15) is 0 Å². The lowest BCUT2D eigenvalue weighted by molar-refractivity contribution is 0.159. The summed E-state index contributed by atoms with van der Waals surface area (Å²) in [7, 11) is 0. The number of pyridine rings is 1. The first-order chi connectivity index (χ1) is 9.20. The summed E-state index contributed by atoms with van der Waals surface area (Å²) in [4.78, 5) is 9.57. The molecule has 0 N–H and O–H groups in total. The van der Waals surface area contributed by atoms with Crippen LogP contribution in [-0.4, -0.2) is 17.3 Å². The van der Waals surface area contributed by atoms with Crippen molar-refractivity contribution in [3.05, 3.63) is 63.9 Å². The van der Waals surface area contributed by atoms with Gasteiger partial charge in [0.05, 0.1) is 5.69 Å². The van der Waals surface area contributed by atoms with Crippen LogP contribution in [0.15, 0.2) is 52.2 Å². The van der Waals surface area contributed by atoms with Crippen molar-refractivity contribution in [2.24, 2.45) is 5.16 Å². The van der Waals surface area contributed by atoms with E-state index in [0.717, 1.165) is 21.4 Å². The van der Waals surface area contributed by atoms with Crippen molar-refractivity contribution in [1.82, 2.24) is 4.98 Å². The Bertz CT molecular complexity index is 514. The zero-order valence-corrected chi connectivity index (χ0v) is 12.5. The highest BCUT2D eigenvalue weighted by atomic mass is 79.9. The number of rotatable bonds is 4. The van der Waals surface area contributed by atoms with Crippen LogP contribution in [0.2, 0.25) is 0 Å². The van der Waals surface area contributed by atoms with Gasteiger partial charge in [0.15, 0.2) is 0 Å². The van der Waals surface area contributed by atoms with Gasteiger partial charge >= 0.3 is 0 Å². The third-order valence-corrected chi connectivity index (χ3v) is 3.05. The molecule has 0 aliphatic rings. The van der Waals surface area contributed by atoms with E-state index in [2.05, 4.69) is 45.1 Å². The summed E-state index contributed by atoms with van der Waals surface area (Å²) in [6.45, 7) is 4.50. The largest absolute Gasteiger partial charge is 0.396 e. The molecule has 0 unspecified atom stereocenters. The first-order valence-corrected chi connectivity index (χ1v) is 6.89. The number of aromatic nitrogens is 1. The molecule has 0 aliphatic carbocycles. The highest BCUT2D eigenvalue weighted by Gasteiger charge is 2.09. The van der Waals surface area contributed by atoms with Crippen molar-refractivity contribution >= 4 is 21.6 Å². The van der Waals surface area contributed by atoms with E-state index in [1.165, 1.54) is 5.56 Å². The second-order valence-electron chi connectivity index (χ2n) is 4.09. The fourth-order valence-corrected chi connectivity index (χ4v) is 1.84. The summed E-state index contributed by atoms with van der Waals surface area (Å²) < 4.78 is 0.941. The summed E-state index contributed by atoms with van der Waals surface area (Å²) in [6, 6.07) is 12.0. The van der Waals surface area contributed by atoms with E-state index >= 15 is 0 Å². The van der Waals surface area contributed by atoms with Gasteiger partial charge in [-0.1, -0.05) is 35.0 Å². The SMILES string of the molecule is CCON=C(c1ccc(C)cc1)c1ccc(Br)cn1. The molecule has 19 heavy (non-hydrogen) atoms. The van der Waals surface area contributed by atoms with E-state index in [4.69, 9.17) is 4.84 Å². The standard InChI is InChI=1S/C15H15BrN2O/c1-3-19-18-15(12-6-4-11(2)5-7-12)14-9-8-13(16)10-17-14/h4-10H,3H2,1-2H3. The quantitative estimate of drug-likeness (QED) is 0.632. The Morgan fingerprint density at radius 2 is 1.95 bits per heavy atom. The number of benzene rings is 1. The zero-order chi connectivity index (χ0) is 13.7. The van der Waals surface area contributed by atoms with E-state index in [1.54, 1.807) is 6.20 Å². The van der Waals surface area contributed by atoms with Crippen LogP contribution < -0.4 is 0 Å². The molecular weight excluding hydrogens is 304 g/mol. The highest BCUT2D eigenvalue weighted by Crippen LogP contribution is 2.13. The van der Waals surface area contributed by atoms with Crippen LogP contribution in [0.3, 0.4) is 0 Å². The van der Waals surface area contributed by atoms with E-state index in [1.807, 2.05) is 31.2 Å². The van der Waals surface area contributed by atoms with Crippen LogP contribution in [0.1, 0.15) is 23.7 Å². The molecule has 0 atom stereocenters. The summed E-state index contributed by atoms with van der Waals surface area (Å²) >= 11 is 3.38. The fraction of sp³-hybridized carbons (Fsp3) is 0.200. The maximum Gasteiger partial charge on any atom is 0.135 e. The minimum atomic E-state index is 0.534. The monoisotopic (exact) mass is 318 g/mol. The average Bonchev–Trinajstić information content (AvgIpc) is 2.43. The van der Waals surface area contributed by atoms with E-state index < -0.39 is 0 Å². The normalized spacial score (nSPS) is 11.4. The molecule has 4 heteroatoms. The smallest absolute Gasteiger partial charge is 0.135 e. The molecule has 1 heterocycles. The lowest BCUT2D eigenvalue weighted by atomic mass is 10.1. The second kappa shape index (κ2) is 6.48. The Morgan fingerprint density at radius 1 is 1.21 bits per heavy atom. The van der Waals surface area contributed by atoms with E-state index in [-0.39, 0.29) is 0 Å². The molecule has 0 saturated heterocycles. The molecule has 0 amide bonds. The van der Waals surface area contributed by atoms with Crippen molar-refractivity contribution in [1.29, 1.82) is 0 Å². The van der Waals surface area contributed by atoms with Gasteiger partial charge in [0.1, 0.15) is 12.3 Å². The number of hydrogen-bond donors (Lipinski definition) is 0. The lowest BCUT2D eigenvalue weighted by Crippen LogP contribution is -2.06. The Labute approximate surface area is 121 Å². The van der Waals surface area contributed by atoms with Crippen LogP contribution in [0.5, 0.6) is 0 Å². The molecule has 1 aromatic carbocycles. The van der Waals surface area contributed by atoms with Gasteiger partial charge in [0.25, 0.3) is 0 Å². The molecule has 0 spiro atoms. The Hall–Kier alpha value is -1.68. The first kappa shape index (κ1) is 13.7. The van der Waals surface area contributed by atoms with Gasteiger partial charge in [-0.2, -0.15) is 0 Å². The number of nitrogens with zero attached hydrogens (tertiary/aromatic N) is 2. The second-order valence-corrected chi connectivity index (χ2v) is 5.00. The first-order valence-electron chi connectivity index (χ1n) is 6.09. The van der Waals surface area contributed by atoms with Gasteiger partial charge in [-0.05, 0) is 41.9 Å². The third-order valence-electron chi connectivity index (χ3n) is 2.58. The van der Waals surface area contributed by atoms with Gasteiger partial charge in [-0.25, -0.2) is 0 Å². The zero-order valence-electron chi connectivity index (χ0n) is 10.9.